The van der Waals surface area contributed by atoms with Crippen LogP contribution in [0.1, 0.15) is 24.3 Å². The predicted octanol–water partition coefficient (Wildman–Crippen LogP) is 2.09. The number of aromatic nitrogens is 2. The van der Waals surface area contributed by atoms with E-state index in [2.05, 4.69) is 16.0 Å². The van der Waals surface area contributed by atoms with E-state index in [4.69, 9.17) is 5.73 Å². The normalized spacial score (nSPS) is 16.0. The Hall–Kier alpha value is -1.64. The maximum atomic E-state index is 5.84. The molecule has 0 bridgehead atoms. The molecule has 3 rings (SSSR count). The summed E-state index contributed by atoms with van der Waals surface area (Å²) in [4.78, 5) is 8.62. The topological polar surface area (TPSA) is 51.8 Å². The first-order valence-corrected chi connectivity index (χ1v) is 4.85. The minimum absolute atomic E-state index is 0.690. The number of fused-ring (bicyclic) bond motifs is 1. The number of hydrogen-bond acceptors (Lipinski definition) is 3. The molecule has 70 valence electrons. The van der Waals surface area contributed by atoms with Crippen molar-refractivity contribution in [2.24, 2.45) is 0 Å². The van der Waals surface area contributed by atoms with Crippen LogP contribution in [0.25, 0.3) is 11.0 Å². The fraction of sp³-hybridized carbons (Fsp3) is 0.273. The summed E-state index contributed by atoms with van der Waals surface area (Å²) in [6.07, 6.45) is 5.97. The highest BCUT2D eigenvalue weighted by Gasteiger charge is 2.26. The Bertz CT molecular complexity index is 489. The first-order valence-electron chi connectivity index (χ1n) is 4.85. The van der Waals surface area contributed by atoms with Gasteiger partial charge in [-0.2, -0.15) is 0 Å². The highest BCUT2D eigenvalue weighted by Crippen LogP contribution is 2.42. The van der Waals surface area contributed by atoms with Gasteiger partial charge in [0.2, 0.25) is 0 Å². The second-order valence-corrected chi connectivity index (χ2v) is 3.77. The Morgan fingerprint density at radius 2 is 1.79 bits per heavy atom. The molecule has 0 atom stereocenters. The van der Waals surface area contributed by atoms with Crippen molar-refractivity contribution in [2.45, 2.75) is 18.8 Å². The van der Waals surface area contributed by atoms with Gasteiger partial charge in [-0.1, -0.05) is 6.07 Å². The molecule has 3 nitrogen and oxygen atoms in total. The maximum absolute atomic E-state index is 5.84. The predicted molar refractivity (Wildman–Crippen MR) is 55.9 cm³/mol. The minimum Gasteiger partial charge on any atom is -0.397 e. The van der Waals surface area contributed by atoms with Crippen molar-refractivity contribution in [1.29, 1.82) is 0 Å². The molecule has 0 aliphatic heterocycles. The van der Waals surface area contributed by atoms with E-state index >= 15 is 0 Å². The number of hydrogen-bond donors (Lipinski definition) is 1. The summed E-state index contributed by atoms with van der Waals surface area (Å²) in [5.41, 5.74) is 9.70. The SMILES string of the molecule is Nc1ccc(C2CC2)c2nccnc12. The van der Waals surface area contributed by atoms with Crippen molar-refractivity contribution >= 4 is 16.7 Å². The molecule has 1 saturated carbocycles. The Morgan fingerprint density at radius 3 is 2.50 bits per heavy atom. The van der Waals surface area contributed by atoms with Gasteiger partial charge in [0.25, 0.3) is 0 Å². The van der Waals surface area contributed by atoms with E-state index in [1.54, 1.807) is 12.4 Å². The van der Waals surface area contributed by atoms with Crippen LogP contribution in [-0.2, 0) is 0 Å². The molecule has 2 aromatic rings. The van der Waals surface area contributed by atoms with Gasteiger partial charge in [0.05, 0.1) is 11.2 Å². The zero-order valence-corrected chi connectivity index (χ0v) is 7.77. The lowest BCUT2D eigenvalue weighted by Gasteiger charge is -2.05. The van der Waals surface area contributed by atoms with Gasteiger partial charge in [0.15, 0.2) is 0 Å². The van der Waals surface area contributed by atoms with Crippen LogP contribution in [0.15, 0.2) is 24.5 Å². The lowest BCUT2D eigenvalue weighted by atomic mass is 10.1. The van der Waals surface area contributed by atoms with Gasteiger partial charge in [-0.05, 0) is 30.4 Å². The van der Waals surface area contributed by atoms with Crippen LogP contribution in [0.2, 0.25) is 0 Å². The summed E-state index contributed by atoms with van der Waals surface area (Å²) >= 11 is 0. The molecule has 1 heterocycles. The summed E-state index contributed by atoms with van der Waals surface area (Å²) < 4.78 is 0. The number of rotatable bonds is 1. The summed E-state index contributed by atoms with van der Waals surface area (Å²) in [6.45, 7) is 0. The first-order chi connectivity index (χ1) is 6.86. The highest BCUT2D eigenvalue weighted by molar-refractivity contribution is 5.89. The second-order valence-electron chi connectivity index (χ2n) is 3.77. The third kappa shape index (κ3) is 1.05. The van der Waals surface area contributed by atoms with Gasteiger partial charge in [-0.15, -0.1) is 0 Å². The van der Waals surface area contributed by atoms with E-state index < -0.39 is 0 Å². The van der Waals surface area contributed by atoms with Gasteiger partial charge >= 0.3 is 0 Å². The zero-order valence-electron chi connectivity index (χ0n) is 7.77. The van der Waals surface area contributed by atoms with E-state index in [0.717, 1.165) is 16.7 Å². The molecule has 1 aromatic carbocycles. The summed E-state index contributed by atoms with van der Waals surface area (Å²) in [7, 11) is 0. The van der Waals surface area contributed by atoms with Crippen LogP contribution in [0.4, 0.5) is 5.69 Å². The van der Waals surface area contributed by atoms with E-state index in [1.807, 2.05) is 6.07 Å². The average molecular weight is 185 g/mol. The lowest BCUT2D eigenvalue weighted by molar-refractivity contribution is 1.13. The Morgan fingerprint density at radius 1 is 1.07 bits per heavy atom. The maximum Gasteiger partial charge on any atom is 0.112 e. The molecule has 1 aliphatic carbocycles. The molecule has 3 heteroatoms. The molecular weight excluding hydrogens is 174 g/mol. The zero-order chi connectivity index (χ0) is 9.54. The van der Waals surface area contributed by atoms with E-state index in [-0.39, 0.29) is 0 Å². The van der Waals surface area contributed by atoms with E-state index in [1.165, 1.54) is 18.4 Å². The monoisotopic (exact) mass is 185 g/mol. The molecule has 0 saturated heterocycles. The van der Waals surface area contributed by atoms with Gasteiger partial charge in [-0.3, -0.25) is 9.97 Å². The Kier molecular flexibility index (Phi) is 1.48. The average Bonchev–Trinajstić information content (AvgIpc) is 3.03. The molecule has 1 aliphatic rings. The Balaban J connectivity index is 2.35. The molecule has 2 N–H and O–H groups in total. The molecule has 1 aromatic heterocycles. The molecule has 0 unspecified atom stereocenters. The van der Waals surface area contributed by atoms with Crippen molar-refractivity contribution in [1.82, 2.24) is 9.97 Å². The van der Waals surface area contributed by atoms with Crippen LogP contribution < -0.4 is 5.73 Å². The van der Waals surface area contributed by atoms with Crippen LogP contribution in [-0.4, -0.2) is 9.97 Å². The minimum atomic E-state index is 0.690. The summed E-state index contributed by atoms with van der Waals surface area (Å²) in [5.74, 6) is 0.690. The fourth-order valence-electron chi connectivity index (χ4n) is 1.82. The quantitative estimate of drug-likeness (QED) is 0.692. The first kappa shape index (κ1) is 7.74. The van der Waals surface area contributed by atoms with E-state index in [0.29, 0.717) is 5.92 Å². The number of nitrogens with two attached hydrogens (primary N) is 1. The van der Waals surface area contributed by atoms with Gasteiger partial charge in [0, 0.05) is 12.4 Å². The number of benzene rings is 1. The van der Waals surface area contributed by atoms with Gasteiger partial charge in [-0.25, -0.2) is 0 Å². The Labute approximate surface area is 82.0 Å². The van der Waals surface area contributed by atoms with Gasteiger partial charge in [0.1, 0.15) is 5.52 Å². The van der Waals surface area contributed by atoms with Crippen molar-refractivity contribution < 1.29 is 0 Å². The van der Waals surface area contributed by atoms with Crippen molar-refractivity contribution in [3.63, 3.8) is 0 Å². The van der Waals surface area contributed by atoms with Crippen LogP contribution in [0.3, 0.4) is 0 Å². The van der Waals surface area contributed by atoms with Crippen molar-refractivity contribution in [3.05, 3.63) is 30.1 Å². The number of nitrogen functional groups attached to an aromatic ring is 1. The third-order valence-corrected chi connectivity index (χ3v) is 2.70. The van der Waals surface area contributed by atoms with Crippen LogP contribution in [0.5, 0.6) is 0 Å². The number of nitrogens with zero attached hydrogens (tertiary/aromatic N) is 2. The van der Waals surface area contributed by atoms with Crippen LogP contribution >= 0.6 is 0 Å². The van der Waals surface area contributed by atoms with Crippen LogP contribution in [0, 0.1) is 0 Å². The third-order valence-electron chi connectivity index (χ3n) is 2.70. The molecule has 1 fully saturated rings. The molecule has 0 radical (unpaired) electrons. The lowest BCUT2D eigenvalue weighted by Crippen LogP contribution is -1.94. The molecular formula is C11H11N3. The van der Waals surface area contributed by atoms with Crippen molar-refractivity contribution in [2.75, 3.05) is 5.73 Å². The fourth-order valence-corrected chi connectivity index (χ4v) is 1.82. The standard InChI is InChI=1S/C11H11N3/c12-9-4-3-8(7-1-2-7)10-11(9)14-6-5-13-10/h3-7H,1-2,12H2. The molecule has 14 heavy (non-hydrogen) atoms. The molecule has 0 amide bonds. The highest BCUT2D eigenvalue weighted by atomic mass is 14.8. The largest absolute Gasteiger partial charge is 0.397 e. The van der Waals surface area contributed by atoms with E-state index in [9.17, 15) is 0 Å². The van der Waals surface area contributed by atoms with Crippen molar-refractivity contribution in [3.8, 4) is 0 Å². The van der Waals surface area contributed by atoms with Gasteiger partial charge < -0.3 is 5.73 Å². The summed E-state index contributed by atoms with van der Waals surface area (Å²) in [5, 5.41) is 0. The second kappa shape index (κ2) is 2.67. The number of anilines is 1. The molecule has 0 spiro atoms. The summed E-state index contributed by atoms with van der Waals surface area (Å²) in [6, 6.07) is 4.02. The smallest absolute Gasteiger partial charge is 0.112 e.